The molecule has 0 bridgehead atoms. The van der Waals surface area contributed by atoms with E-state index in [1.807, 2.05) is 0 Å². The van der Waals surface area contributed by atoms with Crippen LogP contribution in [0.15, 0.2) is 24.3 Å². The van der Waals surface area contributed by atoms with Gasteiger partial charge in [-0.3, -0.25) is 4.79 Å². The van der Waals surface area contributed by atoms with Gasteiger partial charge >= 0.3 is 0 Å². The van der Waals surface area contributed by atoms with E-state index < -0.39 is 0 Å². The second-order valence-electron chi connectivity index (χ2n) is 4.78. The molecule has 2 rings (SSSR count). The summed E-state index contributed by atoms with van der Waals surface area (Å²) in [5, 5.41) is 6.48. The number of benzene rings is 1. The molecule has 2 N–H and O–H groups in total. The molecule has 3 heteroatoms. The van der Waals surface area contributed by atoms with Crippen molar-refractivity contribution in [2.75, 3.05) is 6.54 Å². The number of carbonyl (C=O) groups excluding carboxylic acids is 1. The Hall–Kier alpha value is -1.35. The van der Waals surface area contributed by atoms with Gasteiger partial charge in [0.25, 0.3) is 0 Å². The quantitative estimate of drug-likeness (QED) is 0.836. The molecule has 1 heterocycles. The molecule has 2 unspecified atom stereocenters. The number of hydrogen-bond donors (Lipinski definition) is 2. The third-order valence-corrected chi connectivity index (χ3v) is 3.41. The smallest absolute Gasteiger partial charge is 0.220 e. The average Bonchev–Trinajstić information content (AvgIpc) is 2.32. The van der Waals surface area contributed by atoms with E-state index in [0.29, 0.717) is 18.5 Å². The predicted molar refractivity (Wildman–Crippen MR) is 68.8 cm³/mol. The molecule has 0 aromatic heterocycles. The first-order valence-corrected chi connectivity index (χ1v) is 6.25. The van der Waals surface area contributed by atoms with Gasteiger partial charge in [0.05, 0.1) is 0 Å². The van der Waals surface area contributed by atoms with E-state index in [1.54, 1.807) is 0 Å². The SMILES string of the molecule is Cc1ccccc1C(C)NC1CCC(=O)NC1. The highest BCUT2D eigenvalue weighted by atomic mass is 16.1. The molecule has 0 spiro atoms. The van der Waals surface area contributed by atoms with Gasteiger partial charge in [-0.25, -0.2) is 0 Å². The number of piperidine rings is 1. The van der Waals surface area contributed by atoms with Gasteiger partial charge in [0.1, 0.15) is 0 Å². The summed E-state index contributed by atoms with van der Waals surface area (Å²) >= 11 is 0. The predicted octanol–water partition coefficient (Wildman–Crippen LogP) is 1.92. The fraction of sp³-hybridized carbons (Fsp3) is 0.500. The lowest BCUT2D eigenvalue weighted by Gasteiger charge is -2.27. The number of amides is 1. The number of rotatable bonds is 3. The third kappa shape index (κ3) is 3.07. The minimum Gasteiger partial charge on any atom is -0.355 e. The highest BCUT2D eigenvalue weighted by molar-refractivity contribution is 5.76. The van der Waals surface area contributed by atoms with E-state index in [2.05, 4.69) is 48.7 Å². The first-order chi connectivity index (χ1) is 8.16. The molecule has 0 radical (unpaired) electrons. The molecule has 1 aliphatic rings. The molecular formula is C14H20N2O. The van der Waals surface area contributed by atoms with Crippen LogP contribution in [0.5, 0.6) is 0 Å². The van der Waals surface area contributed by atoms with Crippen molar-refractivity contribution in [2.24, 2.45) is 0 Å². The van der Waals surface area contributed by atoms with Crippen LogP contribution in [0.4, 0.5) is 0 Å². The molecule has 1 saturated heterocycles. The molecule has 3 nitrogen and oxygen atoms in total. The summed E-state index contributed by atoms with van der Waals surface area (Å²) in [6.45, 7) is 5.06. The summed E-state index contributed by atoms with van der Waals surface area (Å²) in [6.07, 6.45) is 1.57. The minimum absolute atomic E-state index is 0.173. The Morgan fingerprint density at radius 1 is 1.41 bits per heavy atom. The van der Waals surface area contributed by atoms with Crippen molar-refractivity contribution in [3.8, 4) is 0 Å². The van der Waals surface area contributed by atoms with Gasteiger partial charge in [-0.1, -0.05) is 24.3 Å². The average molecular weight is 232 g/mol. The Balaban J connectivity index is 1.95. The number of carbonyl (C=O) groups is 1. The molecule has 0 aliphatic carbocycles. The maximum absolute atomic E-state index is 11.1. The summed E-state index contributed by atoms with van der Waals surface area (Å²) in [5.41, 5.74) is 2.65. The Morgan fingerprint density at radius 3 is 2.82 bits per heavy atom. The molecule has 17 heavy (non-hydrogen) atoms. The lowest BCUT2D eigenvalue weighted by atomic mass is 10.00. The van der Waals surface area contributed by atoms with Crippen LogP contribution in [0.1, 0.15) is 36.9 Å². The Morgan fingerprint density at radius 2 is 2.18 bits per heavy atom. The number of nitrogens with one attached hydrogen (secondary N) is 2. The molecule has 1 fully saturated rings. The first-order valence-electron chi connectivity index (χ1n) is 6.25. The van der Waals surface area contributed by atoms with Crippen molar-refractivity contribution >= 4 is 5.91 Å². The molecule has 0 saturated carbocycles. The van der Waals surface area contributed by atoms with Crippen molar-refractivity contribution in [1.82, 2.24) is 10.6 Å². The van der Waals surface area contributed by atoms with E-state index >= 15 is 0 Å². The van der Waals surface area contributed by atoms with Gasteiger partial charge in [0.2, 0.25) is 5.91 Å². The van der Waals surface area contributed by atoms with Gasteiger partial charge in [-0.15, -0.1) is 0 Å². The van der Waals surface area contributed by atoms with Crippen LogP contribution in [0.25, 0.3) is 0 Å². The van der Waals surface area contributed by atoms with Crippen molar-refractivity contribution in [2.45, 2.75) is 38.8 Å². The van der Waals surface area contributed by atoms with Gasteiger partial charge in [0, 0.05) is 25.0 Å². The number of aryl methyl sites for hydroxylation is 1. The lowest BCUT2D eigenvalue weighted by Crippen LogP contribution is -2.46. The van der Waals surface area contributed by atoms with Gasteiger partial charge in [-0.05, 0) is 31.4 Å². The molecule has 1 aromatic rings. The van der Waals surface area contributed by atoms with Crippen molar-refractivity contribution in [1.29, 1.82) is 0 Å². The van der Waals surface area contributed by atoms with E-state index in [4.69, 9.17) is 0 Å². The van der Waals surface area contributed by atoms with Crippen molar-refractivity contribution in [3.05, 3.63) is 35.4 Å². The zero-order valence-corrected chi connectivity index (χ0v) is 10.5. The van der Waals surface area contributed by atoms with Crippen LogP contribution in [0.2, 0.25) is 0 Å². The van der Waals surface area contributed by atoms with Crippen LogP contribution in [0.3, 0.4) is 0 Å². The summed E-state index contributed by atoms with van der Waals surface area (Å²) < 4.78 is 0. The highest BCUT2D eigenvalue weighted by Gasteiger charge is 2.20. The Labute approximate surface area is 103 Å². The molecule has 1 aliphatic heterocycles. The Bertz CT molecular complexity index is 393. The minimum atomic E-state index is 0.173. The topological polar surface area (TPSA) is 41.1 Å². The maximum Gasteiger partial charge on any atom is 0.220 e. The largest absolute Gasteiger partial charge is 0.355 e. The van der Waals surface area contributed by atoms with Crippen LogP contribution in [-0.2, 0) is 4.79 Å². The van der Waals surface area contributed by atoms with E-state index in [-0.39, 0.29) is 5.91 Å². The summed E-state index contributed by atoms with van der Waals surface area (Å²) in [6, 6.07) is 9.15. The molecule has 2 atom stereocenters. The van der Waals surface area contributed by atoms with Gasteiger partial charge in [0.15, 0.2) is 0 Å². The molecule has 1 aromatic carbocycles. The molecular weight excluding hydrogens is 212 g/mol. The molecule has 92 valence electrons. The summed E-state index contributed by atoms with van der Waals surface area (Å²) in [4.78, 5) is 11.1. The third-order valence-electron chi connectivity index (χ3n) is 3.41. The second kappa shape index (κ2) is 5.32. The lowest BCUT2D eigenvalue weighted by molar-refractivity contribution is -0.122. The van der Waals surface area contributed by atoms with E-state index in [0.717, 1.165) is 13.0 Å². The molecule has 1 amide bonds. The maximum atomic E-state index is 11.1. The normalized spacial score (nSPS) is 22.0. The van der Waals surface area contributed by atoms with Gasteiger partial charge < -0.3 is 10.6 Å². The standard InChI is InChI=1S/C14H20N2O/c1-10-5-3-4-6-13(10)11(2)16-12-7-8-14(17)15-9-12/h3-6,11-12,16H,7-9H2,1-2H3,(H,15,17). The zero-order valence-electron chi connectivity index (χ0n) is 10.5. The Kier molecular flexibility index (Phi) is 3.79. The van der Waals surface area contributed by atoms with Crippen LogP contribution in [-0.4, -0.2) is 18.5 Å². The van der Waals surface area contributed by atoms with Crippen molar-refractivity contribution in [3.63, 3.8) is 0 Å². The van der Waals surface area contributed by atoms with Gasteiger partial charge in [-0.2, -0.15) is 0 Å². The monoisotopic (exact) mass is 232 g/mol. The summed E-state index contributed by atoms with van der Waals surface area (Å²) in [7, 11) is 0. The van der Waals surface area contributed by atoms with E-state index in [1.165, 1.54) is 11.1 Å². The fourth-order valence-corrected chi connectivity index (χ4v) is 2.39. The zero-order chi connectivity index (χ0) is 12.3. The highest BCUT2D eigenvalue weighted by Crippen LogP contribution is 2.18. The van der Waals surface area contributed by atoms with Crippen LogP contribution in [0, 0.1) is 6.92 Å². The second-order valence-corrected chi connectivity index (χ2v) is 4.78. The van der Waals surface area contributed by atoms with Crippen LogP contribution < -0.4 is 10.6 Å². The number of hydrogen-bond acceptors (Lipinski definition) is 2. The summed E-state index contributed by atoms with van der Waals surface area (Å²) in [5.74, 6) is 0.173. The fourth-order valence-electron chi connectivity index (χ4n) is 2.39. The van der Waals surface area contributed by atoms with E-state index in [9.17, 15) is 4.79 Å². The van der Waals surface area contributed by atoms with Crippen LogP contribution >= 0.6 is 0 Å². The van der Waals surface area contributed by atoms with Crippen molar-refractivity contribution < 1.29 is 4.79 Å². The first kappa shape index (κ1) is 12.1.